The largest absolute Gasteiger partial charge is 0.493 e. The van der Waals surface area contributed by atoms with Crippen LogP contribution in [-0.2, 0) is 0 Å². The van der Waals surface area contributed by atoms with Gasteiger partial charge in [-0.25, -0.2) is 4.98 Å². The van der Waals surface area contributed by atoms with Crippen LogP contribution in [0, 0.1) is 0 Å². The molecular weight excluding hydrogens is 230 g/mol. The lowest BCUT2D eigenvalue weighted by Crippen LogP contribution is -2.22. The maximum atomic E-state index is 10.2. The highest BCUT2D eigenvalue weighted by Crippen LogP contribution is 2.30. The topological polar surface area (TPSA) is 71.2 Å². The Morgan fingerprint density at radius 2 is 2.00 bits per heavy atom. The number of aliphatic hydroxyl groups excluding tert-OH is 1. The molecule has 0 spiro atoms. The summed E-state index contributed by atoms with van der Waals surface area (Å²) in [5.41, 5.74) is 1.41. The van der Waals surface area contributed by atoms with Gasteiger partial charge in [0.05, 0.1) is 18.5 Å². The summed E-state index contributed by atoms with van der Waals surface area (Å²) < 4.78 is 1.91. The van der Waals surface area contributed by atoms with Gasteiger partial charge in [-0.15, -0.1) is 0 Å². The SMILES string of the molecule is Oc1ccc2ncn(C3CCCCCC3O)c2n1. The Balaban J connectivity index is 2.04. The van der Waals surface area contributed by atoms with Crippen LogP contribution < -0.4 is 0 Å². The summed E-state index contributed by atoms with van der Waals surface area (Å²) in [5, 5.41) is 19.7. The van der Waals surface area contributed by atoms with Crippen molar-refractivity contribution in [3.8, 4) is 5.88 Å². The first-order valence-corrected chi connectivity index (χ1v) is 6.46. The quantitative estimate of drug-likeness (QED) is 0.756. The number of hydrogen-bond acceptors (Lipinski definition) is 4. The van der Waals surface area contributed by atoms with Gasteiger partial charge in [-0.3, -0.25) is 0 Å². The number of aromatic hydroxyl groups is 1. The molecule has 1 aliphatic carbocycles. The third-order valence-electron chi connectivity index (χ3n) is 3.71. The molecule has 3 rings (SSSR count). The van der Waals surface area contributed by atoms with Gasteiger partial charge in [0, 0.05) is 6.07 Å². The number of aliphatic hydroxyl groups is 1. The lowest BCUT2D eigenvalue weighted by molar-refractivity contribution is 0.107. The molecule has 2 heterocycles. The molecule has 0 aromatic carbocycles. The maximum absolute atomic E-state index is 10.2. The Morgan fingerprint density at radius 3 is 2.89 bits per heavy atom. The van der Waals surface area contributed by atoms with E-state index >= 15 is 0 Å². The molecule has 5 nitrogen and oxygen atoms in total. The molecule has 2 N–H and O–H groups in total. The van der Waals surface area contributed by atoms with E-state index in [1.807, 2.05) is 4.57 Å². The first-order valence-electron chi connectivity index (χ1n) is 6.46. The van der Waals surface area contributed by atoms with Crippen molar-refractivity contribution in [1.82, 2.24) is 14.5 Å². The summed E-state index contributed by atoms with van der Waals surface area (Å²) in [6, 6.07) is 3.30. The Labute approximate surface area is 105 Å². The highest BCUT2D eigenvalue weighted by atomic mass is 16.3. The van der Waals surface area contributed by atoms with E-state index in [9.17, 15) is 10.2 Å². The molecule has 96 valence electrons. The maximum Gasteiger partial charge on any atom is 0.212 e. The minimum atomic E-state index is -0.353. The van der Waals surface area contributed by atoms with Crippen molar-refractivity contribution in [2.45, 2.75) is 44.2 Å². The van der Waals surface area contributed by atoms with E-state index in [4.69, 9.17) is 0 Å². The van der Waals surface area contributed by atoms with Gasteiger partial charge >= 0.3 is 0 Å². The zero-order valence-electron chi connectivity index (χ0n) is 10.2. The van der Waals surface area contributed by atoms with Crippen LogP contribution in [0.2, 0.25) is 0 Å². The van der Waals surface area contributed by atoms with Gasteiger partial charge < -0.3 is 14.8 Å². The number of aromatic nitrogens is 3. The molecular formula is C13H17N3O2. The van der Waals surface area contributed by atoms with E-state index in [0.717, 1.165) is 31.2 Å². The van der Waals surface area contributed by atoms with Crippen molar-refractivity contribution in [2.24, 2.45) is 0 Å². The second kappa shape index (κ2) is 4.57. The molecule has 5 heteroatoms. The summed E-state index contributed by atoms with van der Waals surface area (Å²) in [7, 11) is 0. The standard InChI is InChI=1S/C13H17N3O2/c17-11-5-3-1-2-4-10(11)16-8-14-9-6-7-12(18)15-13(9)16/h6-8,10-11,17H,1-5H2,(H,15,18). The molecule has 2 unspecified atom stereocenters. The van der Waals surface area contributed by atoms with Crippen LogP contribution >= 0.6 is 0 Å². The molecule has 1 saturated carbocycles. The monoisotopic (exact) mass is 247 g/mol. The second-order valence-corrected chi connectivity index (χ2v) is 4.94. The molecule has 0 bridgehead atoms. The molecule has 0 radical (unpaired) electrons. The van der Waals surface area contributed by atoms with Gasteiger partial charge in [-0.05, 0) is 18.9 Å². The molecule has 2 aromatic heterocycles. The Bertz CT molecular complexity index is 552. The van der Waals surface area contributed by atoms with E-state index in [-0.39, 0.29) is 18.0 Å². The van der Waals surface area contributed by atoms with E-state index in [2.05, 4.69) is 9.97 Å². The summed E-state index contributed by atoms with van der Waals surface area (Å²) >= 11 is 0. The molecule has 2 aromatic rings. The van der Waals surface area contributed by atoms with Gasteiger partial charge in [-0.1, -0.05) is 19.3 Å². The molecule has 18 heavy (non-hydrogen) atoms. The number of rotatable bonds is 1. The third kappa shape index (κ3) is 1.95. The van der Waals surface area contributed by atoms with Crippen molar-refractivity contribution in [3.63, 3.8) is 0 Å². The lowest BCUT2D eigenvalue weighted by atomic mass is 10.1. The Morgan fingerprint density at radius 1 is 1.17 bits per heavy atom. The van der Waals surface area contributed by atoms with E-state index in [1.54, 1.807) is 12.4 Å². The van der Waals surface area contributed by atoms with E-state index in [0.29, 0.717) is 5.65 Å². The smallest absolute Gasteiger partial charge is 0.212 e. The number of fused-ring (bicyclic) bond motifs is 1. The van der Waals surface area contributed by atoms with Crippen LogP contribution in [0.25, 0.3) is 11.2 Å². The summed E-state index contributed by atoms with van der Waals surface area (Å²) in [6.45, 7) is 0. The second-order valence-electron chi connectivity index (χ2n) is 4.94. The van der Waals surface area contributed by atoms with Gasteiger partial charge in [0.25, 0.3) is 0 Å². The lowest BCUT2D eigenvalue weighted by Gasteiger charge is -2.22. The van der Waals surface area contributed by atoms with Crippen LogP contribution in [-0.4, -0.2) is 30.9 Å². The number of pyridine rings is 1. The van der Waals surface area contributed by atoms with Crippen LogP contribution in [0.4, 0.5) is 0 Å². The van der Waals surface area contributed by atoms with Gasteiger partial charge in [-0.2, -0.15) is 4.98 Å². The first-order chi connectivity index (χ1) is 8.75. The predicted octanol–water partition coefficient (Wildman–Crippen LogP) is 2.00. The number of nitrogens with zero attached hydrogens (tertiary/aromatic N) is 3. The molecule has 0 aliphatic heterocycles. The molecule has 1 fully saturated rings. The van der Waals surface area contributed by atoms with Gasteiger partial charge in [0.1, 0.15) is 5.52 Å². The van der Waals surface area contributed by atoms with Crippen molar-refractivity contribution < 1.29 is 10.2 Å². The van der Waals surface area contributed by atoms with Gasteiger partial charge in [0.15, 0.2) is 5.65 Å². The van der Waals surface area contributed by atoms with Crippen LogP contribution in [0.5, 0.6) is 5.88 Å². The summed E-state index contributed by atoms with van der Waals surface area (Å²) in [5.74, 6) is -0.00707. The van der Waals surface area contributed by atoms with Crippen molar-refractivity contribution in [1.29, 1.82) is 0 Å². The number of hydrogen-bond donors (Lipinski definition) is 2. The fourth-order valence-electron chi connectivity index (χ4n) is 2.74. The summed E-state index contributed by atoms with van der Waals surface area (Å²) in [6.07, 6.45) is 6.47. The summed E-state index contributed by atoms with van der Waals surface area (Å²) in [4.78, 5) is 8.40. The van der Waals surface area contributed by atoms with Crippen molar-refractivity contribution in [2.75, 3.05) is 0 Å². The average molecular weight is 247 g/mol. The third-order valence-corrected chi connectivity index (χ3v) is 3.71. The molecule has 1 aliphatic rings. The zero-order chi connectivity index (χ0) is 12.5. The van der Waals surface area contributed by atoms with Crippen molar-refractivity contribution in [3.05, 3.63) is 18.5 Å². The zero-order valence-corrected chi connectivity index (χ0v) is 10.2. The van der Waals surface area contributed by atoms with Crippen molar-refractivity contribution >= 4 is 11.2 Å². The first kappa shape index (κ1) is 11.5. The highest BCUT2D eigenvalue weighted by molar-refractivity contribution is 5.71. The van der Waals surface area contributed by atoms with Crippen LogP contribution in [0.1, 0.15) is 38.1 Å². The Kier molecular flexibility index (Phi) is 2.91. The fraction of sp³-hybridized carbons (Fsp3) is 0.538. The Hall–Kier alpha value is -1.62. The minimum absolute atomic E-state index is 0.00707. The molecule has 0 amide bonds. The van der Waals surface area contributed by atoms with Gasteiger partial charge in [0.2, 0.25) is 5.88 Å². The normalized spacial score (nSPS) is 25.2. The van der Waals surface area contributed by atoms with E-state index in [1.165, 1.54) is 12.5 Å². The molecule has 2 atom stereocenters. The molecule has 0 saturated heterocycles. The van der Waals surface area contributed by atoms with E-state index < -0.39 is 0 Å². The fourth-order valence-corrected chi connectivity index (χ4v) is 2.74. The average Bonchev–Trinajstić information content (AvgIpc) is 2.64. The predicted molar refractivity (Wildman–Crippen MR) is 67.3 cm³/mol. The number of imidazole rings is 1. The van der Waals surface area contributed by atoms with Crippen LogP contribution in [0.15, 0.2) is 18.5 Å². The minimum Gasteiger partial charge on any atom is -0.493 e. The highest BCUT2D eigenvalue weighted by Gasteiger charge is 2.24. The van der Waals surface area contributed by atoms with Crippen LogP contribution in [0.3, 0.4) is 0 Å².